The molecule has 2 aliphatic carbocycles. The van der Waals surface area contributed by atoms with Crippen molar-refractivity contribution in [2.75, 3.05) is 0 Å². The third-order valence-corrected chi connectivity index (χ3v) is 4.96. The standard InChI is InChI=1S/C14H21ClN2O/c1-3-17-12(13(15)9(2)16-17)8-14(18,10-4-5-10)11-6-7-11/h10-11,18H,3-8H2,1-2H3. The Morgan fingerprint density at radius 2 is 1.89 bits per heavy atom. The number of rotatable bonds is 5. The minimum atomic E-state index is -0.525. The summed E-state index contributed by atoms with van der Waals surface area (Å²) in [4.78, 5) is 0. The van der Waals surface area contributed by atoms with Gasteiger partial charge in [0.25, 0.3) is 0 Å². The fourth-order valence-electron chi connectivity index (χ4n) is 3.09. The summed E-state index contributed by atoms with van der Waals surface area (Å²) in [6, 6.07) is 0. The van der Waals surface area contributed by atoms with Crippen molar-refractivity contribution in [3.8, 4) is 0 Å². The van der Waals surface area contributed by atoms with Crippen LogP contribution in [0.25, 0.3) is 0 Å². The summed E-state index contributed by atoms with van der Waals surface area (Å²) in [6.45, 7) is 4.82. The Labute approximate surface area is 113 Å². The molecule has 0 aliphatic heterocycles. The molecule has 2 aliphatic rings. The van der Waals surface area contributed by atoms with Gasteiger partial charge in [0.15, 0.2) is 0 Å². The van der Waals surface area contributed by atoms with E-state index < -0.39 is 5.60 Å². The largest absolute Gasteiger partial charge is 0.389 e. The molecule has 0 radical (unpaired) electrons. The quantitative estimate of drug-likeness (QED) is 0.892. The van der Waals surface area contributed by atoms with Gasteiger partial charge >= 0.3 is 0 Å². The highest BCUT2D eigenvalue weighted by Gasteiger charge is 2.53. The molecule has 0 spiro atoms. The normalized spacial score (nSPS) is 20.4. The molecule has 18 heavy (non-hydrogen) atoms. The van der Waals surface area contributed by atoms with Crippen molar-refractivity contribution in [3.63, 3.8) is 0 Å². The van der Waals surface area contributed by atoms with E-state index in [0.29, 0.717) is 18.3 Å². The second kappa shape index (κ2) is 4.24. The summed E-state index contributed by atoms with van der Waals surface area (Å²) < 4.78 is 1.95. The molecule has 1 heterocycles. The molecule has 100 valence electrons. The van der Waals surface area contributed by atoms with E-state index in [4.69, 9.17) is 11.6 Å². The molecule has 0 atom stereocenters. The molecule has 1 aromatic rings. The number of halogens is 1. The number of hydrogen-bond donors (Lipinski definition) is 1. The number of aromatic nitrogens is 2. The maximum Gasteiger partial charge on any atom is 0.0848 e. The van der Waals surface area contributed by atoms with Crippen LogP contribution in [0.3, 0.4) is 0 Å². The van der Waals surface area contributed by atoms with Gasteiger partial charge in [-0.25, -0.2) is 0 Å². The van der Waals surface area contributed by atoms with Crippen molar-refractivity contribution in [1.82, 2.24) is 9.78 Å². The Hall–Kier alpha value is -0.540. The summed E-state index contributed by atoms with van der Waals surface area (Å²) >= 11 is 6.35. The minimum absolute atomic E-state index is 0.488. The predicted octanol–water partition coefficient (Wildman–Crippen LogP) is 2.96. The van der Waals surface area contributed by atoms with Gasteiger partial charge in [-0.15, -0.1) is 0 Å². The average Bonchev–Trinajstić information content (AvgIpc) is 3.21. The highest BCUT2D eigenvalue weighted by molar-refractivity contribution is 6.31. The lowest BCUT2D eigenvalue weighted by Gasteiger charge is -2.28. The van der Waals surface area contributed by atoms with Crippen LogP contribution in [0.15, 0.2) is 0 Å². The Bertz CT molecular complexity index is 449. The van der Waals surface area contributed by atoms with Crippen molar-refractivity contribution >= 4 is 11.6 Å². The van der Waals surface area contributed by atoms with Crippen LogP contribution >= 0.6 is 11.6 Å². The zero-order chi connectivity index (χ0) is 12.9. The van der Waals surface area contributed by atoms with E-state index in [1.54, 1.807) is 0 Å². The van der Waals surface area contributed by atoms with E-state index in [-0.39, 0.29) is 0 Å². The number of aliphatic hydroxyl groups is 1. The van der Waals surface area contributed by atoms with Crippen molar-refractivity contribution in [2.45, 2.75) is 58.1 Å². The van der Waals surface area contributed by atoms with Gasteiger partial charge in [0.1, 0.15) is 0 Å². The van der Waals surface area contributed by atoms with Crippen molar-refractivity contribution in [2.24, 2.45) is 11.8 Å². The number of nitrogens with zero attached hydrogens (tertiary/aromatic N) is 2. The Morgan fingerprint density at radius 1 is 1.33 bits per heavy atom. The monoisotopic (exact) mass is 268 g/mol. The average molecular weight is 269 g/mol. The van der Waals surface area contributed by atoms with Crippen LogP contribution in [-0.4, -0.2) is 20.5 Å². The molecule has 4 heteroatoms. The molecule has 0 amide bonds. The number of aryl methyl sites for hydroxylation is 2. The molecule has 0 unspecified atom stereocenters. The summed E-state index contributed by atoms with van der Waals surface area (Å²) in [5.74, 6) is 0.975. The van der Waals surface area contributed by atoms with Crippen LogP contribution < -0.4 is 0 Å². The molecule has 2 saturated carbocycles. The molecular weight excluding hydrogens is 248 g/mol. The molecule has 0 bridgehead atoms. The van der Waals surface area contributed by atoms with Crippen molar-refractivity contribution in [3.05, 3.63) is 16.4 Å². The second-order valence-electron chi connectivity index (χ2n) is 5.88. The summed E-state index contributed by atoms with van der Waals surface area (Å²) in [5.41, 5.74) is 1.38. The highest BCUT2D eigenvalue weighted by Crippen LogP contribution is 2.53. The topological polar surface area (TPSA) is 38.0 Å². The Morgan fingerprint density at radius 3 is 2.33 bits per heavy atom. The van der Waals surface area contributed by atoms with E-state index in [2.05, 4.69) is 12.0 Å². The lowest BCUT2D eigenvalue weighted by atomic mass is 9.86. The zero-order valence-electron chi connectivity index (χ0n) is 11.1. The van der Waals surface area contributed by atoms with Crippen LogP contribution in [0, 0.1) is 18.8 Å². The van der Waals surface area contributed by atoms with Crippen LogP contribution in [-0.2, 0) is 13.0 Å². The molecule has 1 N–H and O–H groups in total. The zero-order valence-corrected chi connectivity index (χ0v) is 11.9. The van der Waals surface area contributed by atoms with Gasteiger partial charge in [-0.05, 0) is 51.4 Å². The van der Waals surface area contributed by atoms with Crippen molar-refractivity contribution < 1.29 is 5.11 Å². The summed E-state index contributed by atoms with van der Waals surface area (Å²) in [6.07, 6.45) is 5.36. The van der Waals surface area contributed by atoms with Gasteiger partial charge in [0.2, 0.25) is 0 Å². The first kappa shape index (κ1) is 12.5. The Kier molecular flexibility index (Phi) is 2.94. The first-order chi connectivity index (χ1) is 8.56. The highest BCUT2D eigenvalue weighted by atomic mass is 35.5. The first-order valence-corrected chi connectivity index (χ1v) is 7.38. The van der Waals surface area contributed by atoms with Gasteiger partial charge in [0, 0.05) is 13.0 Å². The maximum atomic E-state index is 11.0. The first-order valence-electron chi connectivity index (χ1n) is 7.00. The van der Waals surface area contributed by atoms with Gasteiger partial charge in [-0.1, -0.05) is 11.6 Å². The number of hydrogen-bond acceptors (Lipinski definition) is 2. The van der Waals surface area contributed by atoms with Crippen LogP contribution in [0.4, 0.5) is 0 Å². The van der Waals surface area contributed by atoms with Crippen LogP contribution in [0.5, 0.6) is 0 Å². The molecule has 2 fully saturated rings. The fourth-order valence-corrected chi connectivity index (χ4v) is 3.30. The van der Waals surface area contributed by atoms with E-state index in [0.717, 1.165) is 23.0 Å². The lowest BCUT2D eigenvalue weighted by Crippen LogP contribution is -2.37. The van der Waals surface area contributed by atoms with Gasteiger partial charge in [0.05, 0.1) is 22.0 Å². The fraction of sp³-hybridized carbons (Fsp3) is 0.786. The van der Waals surface area contributed by atoms with Crippen LogP contribution in [0.2, 0.25) is 5.02 Å². The third-order valence-electron chi connectivity index (χ3n) is 4.47. The molecule has 1 aromatic heterocycles. The molecule has 0 aromatic carbocycles. The molecule has 3 rings (SSSR count). The molecule has 0 saturated heterocycles. The van der Waals surface area contributed by atoms with E-state index in [9.17, 15) is 5.11 Å². The smallest absolute Gasteiger partial charge is 0.0848 e. The Balaban J connectivity index is 1.90. The van der Waals surface area contributed by atoms with Crippen molar-refractivity contribution in [1.29, 1.82) is 0 Å². The van der Waals surface area contributed by atoms with Gasteiger partial charge < -0.3 is 5.11 Å². The SMILES string of the molecule is CCn1nc(C)c(Cl)c1CC(O)(C1CC1)C1CC1. The van der Waals surface area contributed by atoms with E-state index in [1.807, 2.05) is 11.6 Å². The lowest BCUT2D eigenvalue weighted by molar-refractivity contribution is -0.00624. The van der Waals surface area contributed by atoms with Crippen LogP contribution in [0.1, 0.15) is 44.0 Å². The van der Waals surface area contributed by atoms with E-state index >= 15 is 0 Å². The second-order valence-corrected chi connectivity index (χ2v) is 6.26. The third kappa shape index (κ3) is 1.97. The maximum absolute atomic E-state index is 11.0. The molecule has 3 nitrogen and oxygen atoms in total. The van der Waals surface area contributed by atoms with E-state index in [1.165, 1.54) is 25.7 Å². The van der Waals surface area contributed by atoms with Gasteiger partial charge in [-0.3, -0.25) is 4.68 Å². The molecular formula is C14H21ClN2O. The minimum Gasteiger partial charge on any atom is -0.389 e. The summed E-state index contributed by atoms with van der Waals surface area (Å²) in [7, 11) is 0. The summed E-state index contributed by atoms with van der Waals surface area (Å²) in [5, 5.41) is 16.2. The van der Waals surface area contributed by atoms with Gasteiger partial charge in [-0.2, -0.15) is 5.10 Å². The predicted molar refractivity (Wildman–Crippen MR) is 71.7 cm³/mol.